The van der Waals surface area contributed by atoms with Gasteiger partial charge in [-0.15, -0.1) is 24.0 Å². The number of ether oxygens (including phenoxy) is 1. The van der Waals surface area contributed by atoms with Crippen LogP contribution in [0.2, 0.25) is 0 Å². The van der Waals surface area contributed by atoms with Gasteiger partial charge in [0.2, 0.25) is 0 Å². The zero-order valence-corrected chi connectivity index (χ0v) is 16.4. The van der Waals surface area contributed by atoms with E-state index in [9.17, 15) is 0 Å². The predicted molar refractivity (Wildman–Crippen MR) is 104 cm³/mol. The number of para-hydroxylation sites is 1. The van der Waals surface area contributed by atoms with Gasteiger partial charge in [0, 0.05) is 25.2 Å². The molecule has 0 aliphatic rings. The van der Waals surface area contributed by atoms with Gasteiger partial charge in [0.15, 0.2) is 5.96 Å². The number of rotatable bonds is 8. The van der Waals surface area contributed by atoms with Gasteiger partial charge >= 0.3 is 0 Å². The highest BCUT2D eigenvalue weighted by atomic mass is 127. The number of aliphatic imine (C=N–C) groups is 1. The Balaban J connectivity index is 0.00000441. The van der Waals surface area contributed by atoms with Gasteiger partial charge in [-0.1, -0.05) is 18.2 Å². The lowest BCUT2D eigenvalue weighted by molar-refractivity contribution is 0.259. The van der Waals surface area contributed by atoms with Gasteiger partial charge < -0.3 is 20.3 Å². The number of benzene rings is 1. The maximum Gasteiger partial charge on any atom is 0.191 e. The summed E-state index contributed by atoms with van der Waals surface area (Å²) in [6.07, 6.45) is 0. The third kappa shape index (κ3) is 7.31. The molecule has 22 heavy (non-hydrogen) atoms. The van der Waals surface area contributed by atoms with Crippen molar-refractivity contribution in [2.24, 2.45) is 10.7 Å². The number of nitrogens with two attached hydrogens (primary N) is 1. The van der Waals surface area contributed by atoms with Crippen molar-refractivity contribution >= 4 is 29.9 Å². The molecule has 1 aromatic carbocycles. The van der Waals surface area contributed by atoms with Crippen LogP contribution in [0.4, 0.5) is 0 Å². The molecule has 1 rings (SSSR count). The van der Waals surface area contributed by atoms with Gasteiger partial charge in [-0.2, -0.15) is 0 Å². The van der Waals surface area contributed by atoms with E-state index in [1.807, 2.05) is 43.3 Å². The summed E-state index contributed by atoms with van der Waals surface area (Å²) >= 11 is 0. The van der Waals surface area contributed by atoms with E-state index < -0.39 is 0 Å². The molecule has 0 spiro atoms. The van der Waals surface area contributed by atoms with Crippen LogP contribution in [0.15, 0.2) is 29.3 Å². The van der Waals surface area contributed by atoms with Crippen LogP contribution in [0.1, 0.15) is 19.4 Å². The van der Waals surface area contributed by atoms with Crippen molar-refractivity contribution in [3.8, 4) is 5.75 Å². The standard InChI is InChI=1S/C16H28N4O.HI/c1-5-20(6-2)16(17)18-13-14-9-7-8-10-15(14)21-12-11-19(3)4;/h7-10H,5-6,11-13H2,1-4H3,(H2,17,18);1H. The first-order valence-corrected chi connectivity index (χ1v) is 7.48. The van der Waals surface area contributed by atoms with E-state index in [2.05, 4.69) is 23.7 Å². The van der Waals surface area contributed by atoms with Crippen LogP contribution in [0, 0.1) is 0 Å². The van der Waals surface area contributed by atoms with Crippen LogP contribution in [-0.2, 0) is 6.54 Å². The van der Waals surface area contributed by atoms with Crippen LogP contribution < -0.4 is 10.5 Å². The highest BCUT2D eigenvalue weighted by molar-refractivity contribution is 14.0. The molecule has 0 saturated carbocycles. The van der Waals surface area contributed by atoms with Crippen molar-refractivity contribution in [1.82, 2.24) is 9.80 Å². The highest BCUT2D eigenvalue weighted by Gasteiger charge is 2.05. The van der Waals surface area contributed by atoms with E-state index in [-0.39, 0.29) is 24.0 Å². The molecule has 5 nitrogen and oxygen atoms in total. The van der Waals surface area contributed by atoms with Gasteiger partial charge in [-0.25, -0.2) is 4.99 Å². The Morgan fingerprint density at radius 1 is 1.18 bits per heavy atom. The van der Waals surface area contributed by atoms with Crippen molar-refractivity contribution in [2.75, 3.05) is 40.3 Å². The molecule has 0 bridgehead atoms. The Bertz CT molecular complexity index is 448. The van der Waals surface area contributed by atoms with Crippen molar-refractivity contribution in [3.63, 3.8) is 0 Å². The van der Waals surface area contributed by atoms with Crippen molar-refractivity contribution in [3.05, 3.63) is 29.8 Å². The second-order valence-electron chi connectivity index (χ2n) is 5.11. The van der Waals surface area contributed by atoms with E-state index in [1.165, 1.54) is 0 Å². The van der Waals surface area contributed by atoms with Crippen molar-refractivity contribution < 1.29 is 4.74 Å². The third-order valence-electron chi connectivity index (χ3n) is 3.27. The average Bonchev–Trinajstić information content (AvgIpc) is 2.47. The molecule has 0 aliphatic carbocycles. The summed E-state index contributed by atoms with van der Waals surface area (Å²) < 4.78 is 5.83. The van der Waals surface area contributed by atoms with Crippen LogP contribution in [0.5, 0.6) is 5.75 Å². The fourth-order valence-corrected chi connectivity index (χ4v) is 1.93. The fourth-order valence-electron chi connectivity index (χ4n) is 1.93. The van der Waals surface area contributed by atoms with Gasteiger partial charge in [0.05, 0.1) is 6.54 Å². The largest absolute Gasteiger partial charge is 0.492 e. The predicted octanol–water partition coefficient (Wildman–Crippen LogP) is 2.40. The topological polar surface area (TPSA) is 54.1 Å². The molecule has 0 radical (unpaired) electrons. The van der Waals surface area contributed by atoms with Crippen LogP contribution in [0.3, 0.4) is 0 Å². The molecule has 0 atom stereocenters. The fraction of sp³-hybridized carbons (Fsp3) is 0.562. The smallest absolute Gasteiger partial charge is 0.191 e. The minimum absolute atomic E-state index is 0. The molecular formula is C16H29IN4O. The van der Waals surface area contributed by atoms with Crippen LogP contribution in [0.25, 0.3) is 0 Å². The van der Waals surface area contributed by atoms with Gasteiger partial charge in [-0.05, 0) is 34.0 Å². The maximum atomic E-state index is 6.01. The Morgan fingerprint density at radius 3 is 2.41 bits per heavy atom. The summed E-state index contributed by atoms with van der Waals surface area (Å²) in [6, 6.07) is 7.99. The molecule has 0 unspecified atom stereocenters. The molecule has 0 saturated heterocycles. The zero-order chi connectivity index (χ0) is 15.7. The molecule has 0 heterocycles. The Labute approximate surface area is 151 Å². The van der Waals surface area contributed by atoms with E-state index in [0.29, 0.717) is 19.1 Å². The molecule has 0 fully saturated rings. The lowest BCUT2D eigenvalue weighted by atomic mass is 10.2. The number of guanidine groups is 1. The second-order valence-corrected chi connectivity index (χ2v) is 5.11. The van der Waals surface area contributed by atoms with E-state index >= 15 is 0 Å². The first-order chi connectivity index (χ1) is 10.1. The SMILES string of the molecule is CCN(CC)C(N)=NCc1ccccc1OCCN(C)C.I. The molecule has 0 aromatic heterocycles. The molecule has 2 N–H and O–H groups in total. The Morgan fingerprint density at radius 2 is 1.82 bits per heavy atom. The molecule has 6 heteroatoms. The Hall–Kier alpha value is -1.02. The summed E-state index contributed by atoms with van der Waals surface area (Å²) in [7, 11) is 4.06. The van der Waals surface area contributed by atoms with Gasteiger partial charge in [0.1, 0.15) is 12.4 Å². The molecule has 0 aliphatic heterocycles. The van der Waals surface area contributed by atoms with Gasteiger partial charge in [0.25, 0.3) is 0 Å². The van der Waals surface area contributed by atoms with E-state index in [0.717, 1.165) is 30.9 Å². The number of hydrogen-bond donors (Lipinski definition) is 1. The number of likely N-dealkylation sites (N-methyl/N-ethyl adjacent to an activating group) is 1. The van der Waals surface area contributed by atoms with Crippen LogP contribution >= 0.6 is 24.0 Å². The van der Waals surface area contributed by atoms with E-state index in [1.54, 1.807) is 0 Å². The number of halogens is 1. The lowest BCUT2D eigenvalue weighted by Gasteiger charge is -2.19. The summed E-state index contributed by atoms with van der Waals surface area (Å²) in [5, 5.41) is 0. The summed E-state index contributed by atoms with van der Waals surface area (Å²) in [5.74, 6) is 1.47. The highest BCUT2D eigenvalue weighted by Crippen LogP contribution is 2.18. The van der Waals surface area contributed by atoms with E-state index in [4.69, 9.17) is 10.5 Å². The minimum Gasteiger partial charge on any atom is -0.492 e. The third-order valence-corrected chi connectivity index (χ3v) is 3.27. The molecular weight excluding hydrogens is 391 g/mol. The number of hydrogen-bond acceptors (Lipinski definition) is 3. The summed E-state index contributed by atoms with van der Waals surface area (Å²) in [4.78, 5) is 8.60. The summed E-state index contributed by atoms with van der Waals surface area (Å²) in [6.45, 7) is 7.98. The molecule has 0 amide bonds. The molecule has 1 aromatic rings. The first-order valence-electron chi connectivity index (χ1n) is 7.48. The minimum atomic E-state index is 0. The van der Waals surface area contributed by atoms with Crippen LogP contribution in [-0.4, -0.2) is 56.1 Å². The average molecular weight is 420 g/mol. The molecule has 126 valence electrons. The summed E-state index contributed by atoms with van der Waals surface area (Å²) in [5.41, 5.74) is 7.07. The maximum absolute atomic E-state index is 6.01. The number of nitrogens with zero attached hydrogens (tertiary/aromatic N) is 3. The second kappa shape index (κ2) is 11.5. The lowest BCUT2D eigenvalue weighted by Crippen LogP contribution is -2.37. The van der Waals surface area contributed by atoms with Crippen molar-refractivity contribution in [2.45, 2.75) is 20.4 Å². The Kier molecular flexibility index (Phi) is 11.0. The van der Waals surface area contributed by atoms with Gasteiger partial charge in [-0.3, -0.25) is 0 Å². The first kappa shape index (κ1) is 21.0. The monoisotopic (exact) mass is 420 g/mol. The quantitative estimate of drug-likeness (QED) is 0.399. The van der Waals surface area contributed by atoms with Crippen molar-refractivity contribution in [1.29, 1.82) is 0 Å². The zero-order valence-electron chi connectivity index (χ0n) is 14.1. The normalized spacial score (nSPS) is 11.2.